The molecule has 0 unspecified atom stereocenters. The quantitative estimate of drug-likeness (QED) is 0.759. The lowest BCUT2D eigenvalue weighted by Crippen LogP contribution is -2.31. The van der Waals surface area contributed by atoms with E-state index in [0.29, 0.717) is 5.82 Å². The van der Waals surface area contributed by atoms with Gasteiger partial charge in [0.15, 0.2) is 5.82 Å². The number of pyridine rings is 1. The summed E-state index contributed by atoms with van der Waals surface area (Å²) in [5.41, 5.74) is -0.306. The number of aromatic nitrogens is 3. The molecule has 0 spiro atoms. The fourth-order valence-corrected chi connectivity index (χ4v) is 2.57. The van der Waals surface area contributed by atoms with Gasteiger partial charge in [-0.3, -0.25) is 4.98 Å². The van der Waals surface area contributed by atoms with Gasteiger partial charge < -0.3 is 9.47 Å². The summed E-state index contributed by atoms with van der Waals surface area (Å²) in [6.45, 7) is -0.270. The van der Waals surface area contributed by atoms with Crippen LogP contribution >= 0.6 is 0 Å². The van der Waals surface area contributed by atoms with E-state index in [2.05, 4.69) is 9.97 Å². The molecule has 0 atom stereocenters. The van der Waals surface area contributed by atoms with E-state index >= 15 is 0 Å². The first-order valence-corrected chi connectivity index (χ1v) is 6.44. The minimum absolute atomic E-state index is 0.176. The summed E-state index contributed by atoms with van der Waals surface area (Å²) in [7, 11) is 3.19. The van der Waals surface area contributed by atoms with Gasteiger partial charge in [-0.2, -0.15) is 13.2 Å². The van der Waals surface area contributed by atoms with E-state index < -0.39 is 17.6 Å². The first kappa shape index (κ1) is 14.6. The Morgan fingerprint density at radius 2 is 1.95 bits per heavy atom. The Kier molecular flexibility index (Phi) is 3.19. The molecule has 1 aliphatic heterocycles. The van der Waals surface area contributed by atoms with Crippen LogP contribution in [0.5, 0.6) is 0 Å². The van der Waals surface area contributed by atoms with Crippen molar-refractivity contribution in [2.75, 3.05) is 18.5 Å². The van der Waals surface area contributed by atoms with E-state index in [9.17, 15) is 17.6 Å². The number of anilines is 1. The van der Waals surface area contributed by atoms with Gasteiger partial charge in [0.1, 0.15) is 17.3 Å². The largest absolute Gasteiger partial charge is 0.414 e. The van der Waals surface area contributed by atoms with E-state index in [1.807, 2.05) is 0 Å². The van der Waals surface area contributed by atoms with E-state index in [4.69, 9.17) is 0 Å². The van der Waals surface area contributed by atoms with Gasteiger partial charge in [0.25, 0.3) is 0 Å². The van der Waals surface area contributed by atoms with Crippen LogP contribution in [-0.2, 0) is 7.05 Å². The van der Waals surface area contributed by atoms with Crippen molar-refractivity contribution in [3.05, 3.63) is 35.5 Å². The topological polar surface area (TPSA) is 34.0 Å². The zero-order valence-corrected chi connectivity index (χ0v) is 11.8. The smallest absolute Gasteiger partial charge is 0.355 e. The molecule has 3 heterocycles. The highest BCUT2D eigenvalue weighted by Gasteiger charge is 2.38. The molecule has 0 bridgehead atoms. The van der Waals surface area contributed by atoms with Gasteiger partial charge in [-0.1, -0.05) is 0 Å². The summed E-state index contributed by atoms with van der Waals surface area (Å²) in [6, 6.07) is 1.44. The highest BCUT2D eigenvalue weighted by Crippen LogP contribution is 2.37. The molecule has 22 heavy (non-hydrogen) atoms. The molecule has 0 amide bonds. The SMILES string of the molecule is CN1CC(C(F)(F)F)=Cc2nc(-c3ccncc3F)n(C)c21. The number of fused-ring (bicyclic) bond motifs is 1. The van der Waals surface area contributed by atoms with Crippen LogP contribution in [-0.4, -0.2) is 34.3 Å². The van der Waals surface area contributed by atoms with E-state index in [1.54, 1.807) is 18.7 Å². The first-order chi connectivity index (χ1) is 10.3. The Bertz CT molecular complexity index is 761. The Hall–Kier alpha value is -2.38. The predicted octanol–water partition coefficient (Wildman–Crippen LogP) is 3.02. The van der Waals surface area contributed by atoms with Crippen molar-refractivity contribution in [2.24, 2.45) is 7.05 Å². The molecule has 0 radical (unpaired) electrons. The van der Waals surface area contributed by atoms with Crippen LogP contribution in [0, 0.1) is 5.82 Å². The zero-order chi connectivity index (χ0) is 16.1. The minimum Gasteiger partial charge on any atom is -0.355 e. The van der Waals surface area contributed by atoms with Gasteiger partial charge in [-0.05, 0) is 12.1 Å². The van der Waals surface area contributed by atoms with E-state index in [-0.39, 0.29) is 23.6 Å². The molecule has 4 nitrogen and oxygen atoms in total. The fourth-order valence-electron chi connectivity index (χ4n) is 2.57. The molecule has 0 aromatic carbocycles. The summed E-state index contributed by atoms with van der Waals surface area (Å²) in [5.74, 6) is 0.200. The third-order valence-corrected chi connectivity index (χ3v) is 3.55. The Balaban J connectivity index is 2.17. The molecule has 2 aromatic heterocycles. The Labute approximate surface area is 123 Å². The summed E-state index contributed by atoms with van der Waals surface area (Å²) in [6.07, 6.45) is -0.944. The van der Waals surface area contributed by atoms with Crippen molar-refractivity contribution in [1.29, 1.82) is 0 Å². The highest BCUT2D eigenvalue weighted by atomic mass is 19.4. The van der Waals surface area contributed by atoms with Crippen molar-refractivity contribution >= 4 is 11.9 Å². The average Bonchev–Trinajstić information content (AvgIpc) is 2.76. The molecular weight excluding hydrogens is 300 g/mol. The molecule has 0 aliphatic carbocycles. The lowest BCUT2D eigenvalue weighted by Gasteiger charge is -2.26. The molecule has 116 valence electrons. The van der Waals surface area contributed by atoms with Gasteiger partial charge in [0.05, 0.1) is 17.3 Å². The molecule has 0 fully saturated rings. The normalized spacial score (nSPS) is 14.8. The number of hydrogen-bond acceptors (Lipinski definition) is 3. The molecule has 0 saturated heterocycles. The van der Waals surface area contributed by atoms with Crippen molar-refractivity contribution in [3.63, 3.8) is 0 Å². The van der Waals surface area contributed by atoms with Crippen LogP contribution in [0.3, 0.4) is 0 Å². The van der Waals surface area contributed by atoms with Crippen molar-refractivity contribution in [1.82, 2.24) is 14.5 Å². The number of hydrogen-bond donors (Lipinski definition) is 0. The number of imidazole rings is 1. The average molecular weight is 312 g/mol. The molecular formula is C14H12F4N4. The number of nitrogens with zero attached hydrogens (tertiary/aromatic N) is 4. The second kappa shape index (κ2) is 4.82. The van der Waals surface area contributed by atoms with Crippen LogP contribution in [0.15, 0.2) is 24.0 Å². The maximum absolute atomic E-state index is 13.9. The van der Waals surface area contributed by atoms with Crippen molar-refractivity contribution in [2.45, 2.75) is 6.18 Å². The van der Waals surface area contributed by atoms with E-state index in [1.165, 1.54) is 17.2 Å². The number of alkyl halides is 3. The molecule has 0 N–H and O–H groups in total. The standard InChI is InChI=1S/C14H12F4N4/c1-21-7-8(14(16,17)18)5-11-13(21)22(2)12(20-11)9-3-4-19-6-10(9)15/h3-6H,7H2,1-2H3. The second-order valence-corrected chi connectivity index (χ2v) is 5.08. The number of likely N-dealkylation sites (N-methyl/N-ethyl adjacent to an activating group) is 1. The number of halogens is 4. The van der Waals surface area contributed by atoms with E-state index in [0.717, 1.165) is 12.3 Å². The summed E-state index contributed by atoms with van der Waals surface area (Å²) in [5, 5.41) is 0. The highest BCUT2D eigenvalue weighted by molar-refractivity contribution is 5.73. The van der Waals surface area contributed by atoms with Crippen LogP contribution in [0.1, 0.15) is 5.69 Å². The molecule has 0 saturated carbocycles. The maximum Gasteiger partial charge on any atom is 0.414 e. The molecule has 2 aromatic rings. The second-order valence-electron chi connectivity index (χ2n) is 5.08. The summed E-state index contributed by atoms with van der Waals surface area (Å²) in [4.78, 5) is 9.28. The van der Waals surface area contributed by atoms with Gasteiger partial charge in [-0.25, -0.2) is 9.37 Å². The maximum atomic E-state index is 13.9. The zero-order valence-electron chi connectivity index (χ0n) is 11.8. The third-order valence-electron chi connectivity index (χ3n) is 3.55. The lowest BCUT2D eigenvalue weighted by molar-refractivity contribution is -0.0914. The van der Waals surface area contributed by atoms with Gasteiger partial charge in [0.2, 0.25) is 0 Å². The molecule has 1 aliphatic rings. The first-order valence-electron chi connectivity index (χ1n) is 6.44. The summed E-state index contributed by atoms with van der Waals surface area (Å²) < 4.78 is 54.2. The summed E-state index contributed by atoms with van der Waals surface area (Å²) >= 11 is 0. The van der Waals surface area contributed by atoms with Crippen LogP contribution < -0.4 is 4.90 Å². The van der Waals surface area contributed by atoms with Gasteiger partial charge in [0, 0.05) is 26.8 Å². The fraction of sp³-hybridized carbons (Fsp3) is 0.286. The Morgan fingerprint density at radius 1 is 1.23 bits per heavy atom. The van der Waals surface area contributed by atoms with Crippen LogP contribution in [0.25, 0.3) is 17.5 Å². The van der Waals surface area contributed by atoms with Crippen LogP contribution in [0.4, 0.5) is 23.4 Å². The van der Waals surface area contributed by atoms with Crippen LogP contribution in [0.2, 0.25) is 0 Å². The lowest BCUT2D eigenvalue weighted by atomic mass is 10.1. The van der Waals surface area contributed by atoms with Crippen molar-refractivity contribution < 1.29 is 17.6 Å². The molecule has 3 rings (SSSR count). The monoisotopic (exact) mass is 312 g/mol. The predicted molar refractivity (Wildman–Crippen MR) is 73.7 cm³/mol. The van der Waals surface area contributed by atoms with Crippen molar-refractivity contribution in [3.8, 4) is 11.4 Å². The van der Waals surface area contributed by atoms with Gasteiger partial charge >= 0.3 is 6.18 Å². The number of rotatable bonds is 1. The third kappa shape index (κ3) is 2.24. The van der Waals surface area contributed by atoms with Gasteiger partial charge in [-0.15, -0.1) is 0 Å². The Morgan fingerprint density at radius 3 is 2.59 bits per heavy atom. The molecule has 8 heteroatoms. The minimum atomic E-state index is -4.41.